The van der Waals surface area contributed by atoms with Crippen LogP contribution in [0.25, 0.3) is 0 Å². The summed E-state index contributed by atoms with van der Waals surface area (Å²) in [6.07, 6.45) is 4.61. The summed E-state index contributed by atoms with van der Waals surface area (Å²) in [6, 6.07) is 7.90. The predicted octanol–water partition coefficient (Wildman–Crippen LogP) is 3.30. The number of benzene rings is 1. The van der Waals surface area contributed by atoms with Crippen LogP contribution in [0.3, 0.4) is 0 Å². The van der Waals surface area contributed by atoms with Crippen LogP contribution in [-0.2, 0) is 11.3 Å². The smallest absolute Gasteiger partial charge is 0.225 e. The number of amides is 1. The minimum atomic E-state index is 0. The van der Waals surface area contributed by atoms with E-state index in [1.165, 1.54) is 12.8 Å². The number of carbonyl (C=O) groups excluding carboxylic acids is 1. The Morgan fingerprint density at radius 2 is 1.87 bits per heavy atom. The summed E-state index contributed by atoms with van der Waals surface area (Å²) < 4.78 is 0. The summed E-state index contributed by atoms with van der Waals surface area (Å²) in [7, 11) is 3.82. The molecule has 6 nitrogen and oxygen atoms in total. The first-order valence-corrected chi connectivity index (χ1v) is 11.1. The highest BCUT2D eigenvalue weighted by molar-refractivity contribution is 14.0. The van der Waals surface area contributed by atoms with Crippen molar-refractivity contribution in [2.24, 2.45) is 10.9 Å². The summed E-state index contributed by atoms with van der Waals surface area (Å²) >= 11 is 6.28. The lowest BCUT2D eigenvalue weighted by Crippen LogP contribution is -2.51. The predicted molar refractivity (Wildman–Crippen MR) is 135 cm³/mol. The molecule has 2 fully saturated rings. The molecule has 1 aromatic carbocycles. The third-order valence-electron chi connectivity index (χ3n) is 6.04. The van der Waals surface area contributed by atoms with Crippen LogP contribution in [0, 0.1) is 5.92 Å². The van der Waals surface area contributed by atoms with Gasteiger partial charge in [-0.25, -0.2) is 0 Å². The molecule has 2 aliphatic rings. The number of nitrogens with zero attached hydrogens (tertiary/aromatic N) is 4. The SMILES string of the molecule is CN=C(NCCN1CCN(C(=O)C2CCCC2)CC1)N(C)Cc1ccccc1Cl.I. The molecule has 1 aliphatic carbocycles. The maximum Gasteiger partial charge on any atom is 0.225 e. The Kier molecular flexibility index (Phi) is 10.7. The summed E-state index contributed by atoms with van der Waals surface area (Å²) in [5.74, 6) is 1.54. The molecule has 0 radical (unpaired) electrons. The van der Waals surface area contributed by atoms with Crippen LogP contribution in [0.1, 0.15) is 31.2 Å². The summed E-state index contributed by atoms with van der Waals surface area (Å²) in [5.41, 5.74) is 1.09. The average molecular weight is 548 g/mol. The van der Waals surface area contributed by atoms with E-state index in [0.717, 1.165) is 68.7 Å². The van der Waals surface area contributed by atoms with Gasteiger partial charge in [0.25, 0.3) is 0 Å². The number of aliphatic imine (C=N–C) groups is 1. The van der Waals surface area contributed by atoms with Crippen LogP contribution in [-0.4, -0.2) is 79.9 Å². The molecule has 1 heterocycles. The first-order chi connectivity index (χ1) is 14.1. The number of carbonyl (C=O) groups is 1. The lowest BCUT2D eigenvalue weighted by molar-refractivity contribution is -0.137. The fraction of sp³-hybridized carbons (Fsp3) is 0.636. The zero-order valence-corrected chi connectivity index (χ0v) is 21.2. The van der Waals surface area contributed by atoms with Gasteiger partial charge in [0.1, 0.15) is 0 Å². The van der Waals surface area contributed by atoms with Gasteiger partial charge in [0.15, 0.2) is 5.96 Å². The highest BCUT2D eigenvalue weighted by atomic mass is 127. The Morgan fingerprint density at radius 1 is 1.20 bits per heavy atom. The van der Waals surface area contributed by atoms with Gasteiger partial charge in [-0.1, -0.05) is 42.6 Å². The Bertz CT molecular complexity index is 703. The van der Waals surface area contributed by atoms with Crippen molar-refractivity contribution in [2.45, 2.75) is 32.2 Å². The van der Waals surface area contributed by atoms with Crippen LogP contribution in [0.4, 0.5) is 0 Å². The maximum absolute atomic E-state index is 12.6. The molecule has 168 valence electrons. The number of hydrogen-bond donors (Lipinski definition) is 1. The molecule has 30 heavy (non-hydrogen) atoms. The molecular weight excluding hydrogens is 513 g/mol. The number of halogens is 2. The minimum Gasteiger partial charge on any atom is -0.355 e. The lowest BCUT2D eigenvalue weighted by Gasteiger charge is -2.36. The van der Waals surface area contributed by atoms with E-state index in [-0.39, 0.29) is 24.0 Å². The molecule has 8 heteroatoms. The quantitative estimate of drug-likeness (QED) is 0.337. The summed E-state index contributed by atoms with van der Waals surface area (Å²) in [6.45, 7) is 6.11. The Morgan fingerprint density at radius 3 is 2.50 bits per heavy atom. The van der Waals surface area contributed by atoms with Gasteiger partial charge in [-0.15, -0.1) is 24.0 Å². The van der Waals surface area contributed by atoms with Gasteiger partial charge < -0.3 is 15.1 Å². The van der Waals surface area contributed by atoms with E-state index in [2.05, 4.69) is 25.0 Å². The zero-order chi connectivity index (χ0) is 20.6. The van der Waals surface area contributed by atoms with E-state index in [4.69, 9.17) is 11.6 Å². The number of hydrogen-bond acceptors (Lipinski definition) is 3. The molecule has 0 aromatic heterocycles. The number of nitrogens with one attached hydrogen (secondary N) is 1. The van der Waals surface area contributed by atoms with E-state index in [1.54, 1.807) is 7.05 Å². The first-order valence-electron chi connectivity index (χ1n) is 10.7. The topological polar surface area (TPSA) is 51.2 Å². The molecule has 1 aromatic rings. The molecule has 1 saturated heterocycles. The largest absolute Gasteiger partial charge is 0.355 e. The zero-order valence-electron chi connectivity index (χ0n) is 18.1. The Labute approximate surface area is 203 Å². The van der Waals surface area contributed by atoms with Crippen LogP contribution in [0.15, 0.2) is 29.3 Å². The third-order valence-corrected chi connectivity index (χ3v) is 6.41. The second-order valence-electron chi connectivity index (χ2n) is 8.07. The van der Waals surface area contributed by atoms with Gasteiger partial charge in [0.2, 0.25) is 5.91 Å². The van der Waals surface area contributed by atoms with E-state index in [0.29, 0.717) is 18.4 Å². The van der Waals surface area contributed by atoms with Gasteiger partial charge in [0.05, 0.1) is 0 Å². The van der Waals surface area contributed by atoms with Crippen LogP contribution in [0.5, 0.6) is 0 Å². The number of guanidine groups is 1. The molecule has 0 bridgehead atoms. The van der Waals surface area contributed by atoms with Crippen molar-refractivity contribution >= 4 is 47.4 Å². The van der Waals surface area contributed by atoms with Crippen molar-refractivity contribution in [1.82, 2.24) is 20.0 Å². The molecule has 1 aliphatic heterocycles. The van der Waals surface area contributed by atoms with Gasteiger partial charge >= 0.3 is 0 Å². The van der Waals surface area contributed by atoms with Crippen molar-refractivity contribution in [1.29, 1.82) is 0 Å². The normalized spacial score (nSPS) is 18.2. The Hall–Kier alpha value is -1.06. The van der Waals surface area contributed by atoms with E-state index >= 15 is 0 Å². The van der Waals surface area contributed by atoms with Gasteiger partial charge in [-0.3, -0.25) is 14.7 Å². The fourth-order valence-corrected chi connectivity index (χ4v) is 4.49. The average Bonchev–Trinajstić information content (AvgIpc) is 3.27. The molecule has 3 rings (SSSR count). The maximum atomic E-state index is 12.6. The first kappa shape index (κ1) is 25.2. The van der Waals surface area contributed by atoms with E-state index in [9.17, 15) is 4.79 Å². The molecule has 1 saturated carbocycles. The van der Waals surface area contributed by atoms with Crippen molar-refractivity contribution in [3.05, 3.63) is 34.9 Å². The highest BCUT2D eigenvalue weighted by Crippen LogP contribution is 2.26. The van der Waals surface area contributed by atoms with Crippen LogP contribution in [0.2, 0.25) is 5.02 Å². The van der Waals surface area contributed by atoms with Crippen molar-refractivity contribution < 1.29 is 4.79 Å². The second kappa shape index (κ2) is 12.7. The van der Waals surface area contributed by atoms with Gasteiger partial charge in [-0.05, 0) is 24.5 Å². The number of piperazine rings is 1. The standard InChI is InChI=1S/C22H34ClN5O.HI/c1-24-22(26(2)17-19-9-5-6-10-20(19)23)25-11-12-27-13-15-28(16-14-27)21(29)18-7-3-4-8-18;/h5-6,9-10,18H,3-4,7-8,11-17H2,1-2H3,(H,24,25);1H. The minimum absolute atomic E-state index is 0. The lowest BCUT2D eigenvalue weighted by atomic mass is 10.1. The van der Waals surface area contributed by atoms with Gasteiger partial charge in [-0.2, -0.15) is 0 Å². The molecule has 0 spiro atoms. The van der Waals surface area contributed by atoms with Crippen molar-refractivity contribution in [3.63, 3.8) is 0 Å². The fourth-order valence-electron chi connectivity index (χ4n) is 4.29. The number of rotatable bonds is 6. The molecule has 1 amide bonds. The summed E-state index contributed by atoms with van der Waals surface area (Å²) in [5, 5.41) is 4.22. The second-order valence-corrected chi connectivity index (χ2v) is 8.48. The van der Waals surface area contributed by atoms with Crippen LogP contribution >= 0.6 is 35.6 Å². The molecule has 1 N–H and O–H groups in total. The van der Waals surface area contributed by atoms with Gasteiger partial charge in [0, 0.05) is 70.8 Å². The van der Waals surface area contributed by atoms with E-state index < -0.39 is 0 Å². The van der Waals surface area contributed by atoms with Crippen molar-refractivity contribution in [2.75, 3.05) is 53.4 Å². The molecule has 0 unspecified atom stereocenters. The molecule has 0 atom stereocenters. The van der Waals surface area contributed by atoms with Crippen molar-refractivity contribution in [3.8, 4) is 0 Å². The monoisotopic (exact) mass is 547 g/mol. The van der Waals surface area contributed by atoms with Crippen LogP contribution < -0.4 is 5.32 Å². The summed E-state index contributed by atoms with van der Waals surface area (Å²) in [4.78, 5) is 23.5. The molecular formula is C22H35ClIN5O. The third kappa shape index (κ3) is 6.99. The highest BCUT2D eigenvalue weighted by Gasteiger charge is 2.29. The Balaban J connectivity index is 0.00000320. The van der Waals surface area contributed by atoms with E-state index in [1.807, 2.05) is 31.3 Å².